The lowest BCUT2D eigenvalue weighted by Gasteiger charge is -1.96. The standard InChI is InChI=1S/C9H7ClS3/c1-12-6-4-2-3-5-7(10)9(11)13-8(5)6/h2-4,11H,1H3. The largest absolute Gasteiger partial charge is 0.131 e. The van der Waals surface area contributed by atoms with Gasteiger partial charge in [-0.15, -0.1) is 35.7 Å². The second-order valence-electron chi connectivity index (χ2n) is 2.56. The lowest BCUT2D eigenvalue weighted by Crippen LogP contribution is -1.69. The highest BCUT2D eigenvalue weighted by Gasteiger charge is 2.09. The summed E-state index contributed by atoms with van der Waals surface area (Å²) in [5, 5.41) is 1.89. The quantitative estimate of drug-likeness (QED) is 0.568. The summed E-state index contributed by atoms with van der Waals surface area (Å²) in [5.74, 6) is 0. The van der Waals surface area contributed by atoms with Crippen LogP contribution in [0.3, 0.4) is 0 Å². The second-order valence-corrected chi connectivity index (χ2v) is 5.55. The van der Waals surface area contributed by atoms with Crippen LogP contribution >= 0.6 is 47.3 Å². The Bertz CT molecular complexity index is 447. The number of rotatable bonds is 1. The number of halogens is 1. The number of hydrogen-bond donors (Lipinski definition) is 1. The van der Waals surface area contributed by atoms with Gasteiger partial charge in [0.1, 0.15) is 0 Å². The Hall–Kier alpha value is 0.170. The maximum atomic E-state index is 6.10. The highest BCUT2D eigenvalue weighted by Crippen LogP contribution is 2.41. The minimum absolute atomic E-state index is 0.777. The predicted octanol–water partition coefficient (Wildman–Crippen LogP) is 4.57. The Balaban J connectivity index is 2.84. The fourth-order valence-electron chi connectivity index (χ4n) is 1.21. The van der Waals surface area contributed by atoms with Crippen LogP contribution in [0.1, 0.15) is 0 Å². The van der Waals surface area contributed by atoms with Crippen LogP contribution in [-0.2, 0) is 0 Å². The van der Waals surface area contributed by atoms with Crippen molar-refractivity contribution in [1.29, 1.82) is 0 Å². The monoisotopic (exact) mass is 246 g/mol. The minimum Gasteiger partial charge on any atom is -0.131 e. The van der Waals surface area contributed by atoms with Crippen LogP contribution in [-0.4, -0.2) is 6.26 Å². The van der Waals surface area contributed by atoms with Gasteiger partial charge in [-0.2, -0.15) is 0 Å². The summed E-state index contributed by atoms with van der Waals surface area (Å²) in [6.07, 6.45) is 2.07. The molecule has 0 unspecified atom stereocenters. The average Bonchev–Trinajstić information content (AvgIpc) is 2.43. The van der Waals surface area contributed by atoms with Gasteiger partial charge in [0.25, 0.3) is 0 Å². The number of benzene rings is 1. The molecule has 0 amide bonds. The Kier molecular flexibility index (Phi) is 2.79. The van der Waals surface area contributed by atoms with Crippen molar-refractivity contribution in [1.82, 2.24) is 0 Å². The van der Waals surface area contributed by atoms with E-state index in [0.717, 1.165) is 14.6 Å². The molecule has 1 aromatic carbocycles. The molecular weight excluding hydrogens is 240 g/mol. The van der Waals surface area contributed by atoms with Gasteiger partial charge in [-0.25, -0.2) is 0 Å². The Morgan fingerprint density at radius 3 is 2.92 bits per heavy atom. The molecule has 2 rings (SSSR count). The van der Waals surface area contributed by atoms with E-state index in [1.807, 2.05) is 12.1 Å². The Labute approximate surface area is 95.7 Å². The zero-order valence-corrected chi connectivity index (χ0v) is 10.2. The molecule has 0 aliphatic heterocycles. The molecule has 68 valence electrons. The zero-order valence-electron chi connectivity index (χ0n) is 6.87. The van der Waals surface area contributed by atoms with Crippen LogP contribution in [0.2, 0.25) is 5.02 Å². The van der Waals surface area contributed by atoms with Crippen LogP contribution in [0.15, 0.2) is 27.3 Å². The molecule has 0 fully saturated rings. The predicted molar refractivity (Wildman–Crippen MR) is 65.9 cm³/mol. The molecule has 0 aliphatic carbocycles. The fourth-order valence-corrected chi connectivity index (χ4v) is 3.66. The summed E-state index contributed by atoms with van der Waals surface area (Å²) >= 11 is 13.8. The van der Waals surface area contributed by atoms with Gasteiger partial charge in [-0.1, -0.05) is 23.7 Å². The first-order valence-corrected chi connectivity index (χ1v) is 6.54. The molecule has 0 nitrogen and oxygen atoms in total. The minimum atomic E-state index is 0.777. The van der Waals surface area contributed by atoms with E-state index >= 15 is 0 Å². The van der Waals surface area contributed by atoms with Crippen molar-refractivity contribution < 1.29 is 0 Å². The summed E-state index contributed by atoms with van der Waals surface area (Å²) in [7, 11) is 0. The van der Waals surface area contributed by atoms with Gasteiger partial charge in [-0.3, -0.25) is 0 Å². The highest BCUT2D eigenvalue weighted by atomic mass is 35.5. The van der Waals surface area contributed by atoms with Crippen LogP contribution in [0, 0.1) is 0 Å². The Morgan fingerprint density at radius 2 is 2.23 bits per heavy atom. The molecule has 0 aliphatic rings. The third-order valence-corrected chi connectivity index (χ3v) is 4.91. The van der Waals surface area contributed by atoms with Gasteiger partial charge in [0.05, 0.1) is 13.9 Å². The van der Waals surface area contributed by atoms with Gasteiger partial charge >= 0.3 is 0 Å². The molecule has 0 radical (unpaired) electrons. The maximum absolute atomic E-state index is 6.10. The summed E-state index contributed by atoms with van der Waals surface area (Å²) in [4.78, 5) is 1.27. The van der Waals surface area contributed by atoms with Crippen molar-refractivity contribution in [2.75, 3.05) is 6.26 Å². The average molecular weight is 247 g/mol. The fraction of sp³-hybridized carbons (Fsp3) is 0.111. The molecule has 0 atom stereocenters. The molecule has 0 saturated heterocycles. The first-order chi connectivity index (χ1) is 6.24. The molecule has 0 bridgehead atoms. The molecule has 2 aromatic rings. The van der Waals surface area contributed by atoms with Crippen molar-refractivity contribution in [3.63, 3.8) is 0 Å². The number of hydrogen-bond acceptors (Lipinski definition) is 3. The normalized spacial score (nSPS) is 11.0. The summed E-state index contributed by atoms with van der Waals surface area (Å²) in [6.45, 7) is 0. The highest BCUT2D eigenvalue weighted by molar-refractivity contribution is 7.99. The van der Waals surface area contributed by atoms with Crippen molar-refractivity contribution in [3.8, 4) is 0 Å². The van der Waals surface area contributed by atoms with E-state index in [4.69, 9.17) is 11.6 Å². The summed E-state index contributed by atoms with van der Waals surface area (Å²) in [6, 6.07) is 6.17. The lowest BCUT2D eigenvalue weighted by molar-refractivity contribution is 1.59. The van der Waals surface area contributed by atoms with E-state index in [2.05, 4.69) is 25.0 Å². The Morgan fingerprint density at radius 1 is 1.46 bits per heavy atom. The van der Waals surface area contributed by atoms with Gasteiger partial charge in [0, 0.05) is 10.3 Å². The van der Waals surface area contributed by atoms with E-state index < -0.39 is 0 Å². The molecular formula is C9H7ClS3. The van der Waals surface area contributed by atoms with Crippen molar-refractivity contribution in [2.45, 2.75) is 9.10 Å². The van der Waals surface area contributed by atoms with E-state index in [1.54, 1.807) is 23.1 Å². The van der Waals surface area contributed by atoms with E-state index in [1.165, 1.54) is 9.60 Å². The second kappa shape index (κ2) is 3.73. The topological polar surface area (TPSA) is 0 Å². The SMILES string of the molecule is CSc1cccc2c(Cl)c(S)sc12. The van der Waals surface area contributed by atoms with Crippen molar-refractivity contribution in [2.24, 2.45) is 0 Å². The van der Waals surface area contributed by atoms with Gasteiger partial charge in [0.2, 0.25) is 0 Å². The molecule has 4 heteroatoms. The first kappa shape index (κ1) is 9.71. The summed E-state index contributed by atoms with van der Waals surface area (Å²) < 4.78 is 2.14. The van der Waals surface area contributed by atoms with E-state index in [-0.39, 0.29) is 0 Å². The third-order valence-electron chi connectivity index (χ3n) is 1.82. The van der Waals surface area contributed by atoms with Gasteiger partial charge in [0.15, 0.2) is 0 Å². The smallest absolute Gasteiger partial charge is 0.0768 e. The van der Waals surface area contributed by atoms with Crippen LogP contribution in [0.5, 0.6) is 0 Å². The summed E-state index contributed by atoms with van der Waals surface area (Å²) in [5.41, 5.74) is 0. The molecule has 0 spiro atoms. The third kappa shape index (κ3) is 1.59. The number of fused-ring (bicyclic) bond motifs is 1. The molecule has 0 saturated carbocycles. The van der Waals surface area contributed by atoms with Gasteiger partial charge in [-0.05, 0) is 12.3 Å². The van der Waals surface area contributed by atoms with Crippen LogP contribution < -0.4 is 0 Å². The van der Waals surface area contributed by atoms with Crippen LogP contribution in [0.4, 0.5) is 0 Å². The van der Waals surface area contributed by atoms with Crippen molar-refractivity contribution in [3.05, 3.63) is 23.2 Å². The number of thiol groups is 1. The first-order valence-electron chi connectivity index (χ1n) is 3.68. The molecule has 1 heterocycles. The van der Waals surface area contributed by atoms with Gasteiger partial charge < -0.3 is 0 Å². The number of thiophene rings is 1. The lowest BCUT2D eigenvalue weighted by atomic mass is 10.3. The van der Waals surface area contributed by atoms with E-state index in [0.29, 0.717) is 0 Å². The molecule has 13 heavy (non-hydrogen) atoms. The molecule has 0 N–H and O–H groups in total. The maximum Gasteiger partial charge on any atom is 0.0768 e. The van der Waals surface area contributed by atoms with E-state index in [9.17, 15) is 0 Å². The number of thioether (sulfide) groups is 1. The zero-order chi connectivity index (χ0) is 9.42. The van der Waals surface area contributed by atoms with Crippen molar-refractivity contribution >= 4 is 57.4 Å². The van der Waals surface area contributed by atoms with Crippen LogP contribution in [0.25, 0.3) is 10.1 Å². The molecule has 1 aromatic heterocycles.